The number of rotatable bonds is 7. The van der Waals surface area contributed by atoms with Gasteiger partial charge < -0.3 is 9.47 Å². The maximum absolute atomic E-state index is 12.7. The molecule has 152 valence electrons. The summed E-state index contributed by atoms with van der Waals surface area (Å²) in [5.41, 5.74) is 1.41. The van der Waals surface area contributed by atoms with Gasteiger partial charge in [0, 0.05) is 0 Å². The first kappa shape index (κ1) is 20.9. The summed E-state index contributed by atoms with van der Waals surface area (Å²) >= 11 is 0. The third kappa shape index (κ3) is 4.96. The molecule has 7 nitrogen and oxygen atoms in total. The van der Waals surface area contributed by atoms with E-state index in [1.165, 1.54) is 43.5 Å². The lowest BCUT2D eigenvalue weighted by Gasteiger charge is -2.13. The third-order valence-electron chi connectivity index (χ3n) is 4.21. The lowest BCUT2D eigenvalue weighted by molar-refractivity contribution is 0.0474. The number of hydrogen-bond donors (Lipinski definition) is 1. The van der Waals surface area contributed by atoms with Crippen molar-refractivity contribution in [3.63, 3.8) is 0 Å². The van der Waals surface area contributed by atoms with Gasteiger partial charge in [-0.2, -0.15) is 5.26 Å². The second kappa shape index (κ2) is 9.11. The van der Waals surface area contributed by atoms with E-state index >= 15 is 0 Å². The van der Waals surface area contributed by atoms with Crippen molar-refractivity contribution in [2.45, 2.75) is 11.5 Å². The van der Waals surface area contributed by atoms with Crippen molar-refractivity contribution in [2.24, 2.45) is 0 Å². The van der Waals surface area contributed by atoms with E-state index in [0.29, 0.717) is 16.9 Å². The summed E-state index contributed by atoms with van der Waals surface area (Å²) < 4.78 is 38.1. The van der Waals surface area contributed by atoms with E-state index in [-0.39, 0.29) is 22.8 Å². The smallest absolute Gasteiger partial charge is 0.340 e. The molecule has 0 aliphatic heterocycles. The first-order valence-corrected chi connectivity index (χ1v) is 10.3. The molecule has 0 radical (unpaired) electrons. The fourth-order valence-corrected chi connectivity index (χ4v) is 3.69. The van der Waals surface area contributed by atoms with E-state index < -0.39 is 16.0 Å². The second-order valence-corrected chi connectivity index (χ2v) is 7.89. The highest BCUT2D eigenvalue weighted by molar-refractivity contribution is 7.92. The molecule has 0 saturated heterocycles. The molecule has 3 aromatic rings. The van der Waals surface area contributed by atoms with Gasteiger partial charge >= 0.3 is 5.97 Å². The molecular weight excluding hydrogens is 404 g/mol. The molecule has 0 atom stereocenters. The molecule has 0 saturated carbocycles. The molecule has 1 N–H and O–H groups in total. The fourth-order valence-electron chi connectivity index (χ4n) is 2.61. The van der Waals surface area contributed by atoms with Crippen molar-refractivity contribution in [1.82, 2.24) is 0 Å². The summed E-state index contributed by atoms with van der Waals surface area (Å²) in [7, 11) is -2.43. The quantitative estimate of drug-likeness (QED) is 0.582. The van der Waals surface area contributed by atoms with E-state index in [2.05, 4.69) is 4.72 Å². The molecule has 0 aliphatic carbocycles. The van der Waals surface area contributed by atoms with Gasteiger partial charge in [-0.1, -0.05) is 24.3 Å². The van der Waals surface area contributed by atoms with Crippen LogP contribution in [0.5, 0.6) is 5.75 Å². The number of nitrogens with zero attached hydrogens (tertiary/aromatic N) is 1. The predicted octanol–water partition coefficient (Wildman–Crippen LogP) is 3.72. The Labute approximate surface area is 174 Å². The molecule has 3 aromatic carbocycles. The minimum Gasteiger partial charge on any atom is -0.497 e. The fraction of sp³-hybridized carbons (Fsp3) is 0.0909. The lowest BCUT2D eigenvalue weighted by atomic mass is 10.1. The van der Waals surface area contributed by atoms with Crippen LogP contribution in [0.25, 0.3) is 0 Å². The molecule has 0 spiro atoms. The number of esters is 1. The Bertz CT molecular complexity index is 1180. The Morgan fingerprint density at radius 1 is 1.00 bits per heavy atom. The number of nitriles is 1. The molecule has 0 unspecified atom stereocenters. The number of benzene rings is 3. The standard InChI is InChI=1S/C22H18N2O5S/c1-28-18-10-12-19(13-11-18)30(26,27)24-21-5-3-2-4-20(21)22(25)29-15-17-8-6-16(14-23)7-9-17/h2-13,24H,15H2,1H3. The summed E-state index contributed by atoms with van der Waals surface area (Å²) in [6, 6.07) is 20.7. The van der Waals surface area contributed by atoms with Crippen molar-refractivity contribution in [3.05, 3.63) is 89.5 Å². The first-order chi connectivity index (χ1) is 14.4. The Hall–Kier alpha value is -3.83. The van der Waals surface area contributed by atoms with Crippen molar-refractivity contribution in [3.8, 4) is 11.8 Å². The summed E-state index contributed by atoms with van der Waals surface area (Å²) in [5, 5.41) is 8.83. The van der Waals surface area contributed by atoms with E-state index in [1.807, 2.05) is 6.07 Å². The number of anilines is 1. The second-order valence-electron chi connectivity index (χ2n) is 6.21. The van der Waals surface area contributed by atoms with Crippen LogP contribution in [0.3, 0.4) is 0 Å². The van der Waals surface area contributed by atoms with Gasteiger partial charge in [-0.3, -0.25) is 4.72 Å². The van der Waals surface area contributed by atoms with Crippen LogP contribution in [0.1, 0.15) is 21.5 Å². The topological polar surface area (TPSA) is 105 Å². The largest absolute Gasteiger partial charge is 0.497 e. The summed E-state index contributed by atoms with van der Waals surface area (Å²) in [6.07, 6.45) is 0. The molecule has 30 heavy (non-hydrogen) atoms. The van der Waals surface area contributed by atoms with Crippen LogP contribution in [-0.4, -0.2) is 21.5 Å². The first-order valence-electron chi connectivity index (χ1n) is 8.85. The van der Waals surface area contributed by atoms with Gasteiger partial charge in [-0.05, 0) is 54.1 Å². The number of methoxy groups -OCH3 is 1. The van der Waals surface area contributed by atoms with Crippen molar-refractivity contribution >= 4 is 21.7 Å². The SMILES string of the molecule is COc1ccc(S(=O)(=O)Nc2ccccc2C(=O)OCc2ccc(C#N)cc2)cc1. The van der Waals surface area contributed by atoms with Gasteiger partial charge in [0.2, 0.25) is 0 Å². The molecule has 0 fully saturated rings. The number of para-hydroxylation sites is 1. The van der Waals surface area contributed by atoms with Crippen LogP contribution in [0.15, 0.2) is 77.7 Å². The van der Waals surface area contributed by atoms with E-state index in [9.17, 15) is 13.2 Å². The monoisotopic (exact) mass is 422 g/mol. The number of carbonyl (C=O) groups excluding carboxylic acids is 1. The van der Waals surface area contributed by atoms with Gasteiger partial charge in [0.25, 0.3) is 10.0 Å². The van der Waals surface area contributed by atoms with Crippen LogP contribution in [0.2, 0.25) is 0 Å². The Morgan fingerprint density at radius 2 is 1.67 bits per heavy atom. The van der Waals surface area contributed by atoms with Gasteiger partial charge in [-0.15, -0.1) is 0 Å². The predicted molar refractivity (Wildman–Crippen MR) is 111 cm³/mol. The third-order valence-corrected chi connectivity index (χ3v) is 5.60. The molecule has 0 aromatic heterocycles. The van der Waals surface area contributed by atoms with Crippen molar-refractivity contribution < 1.29 is 22.7 Å². The average molecular weight is 422 g/mol. The molecule has 0 bridgehead atoms. The van der Waals surface area contributed by atoms with Gasteiger partial charge in [0.05, 0.1) is 34.9 Å². The zero-order chi connectivity index (χ0) is 21.6. The van der Waals surface area contributed by atoms with Crippen LogP contribution >= 0.6 is 0 Å². The highest BCUT2D eigenvalue weighted by atomic mass is 32.2. The number of carbonyl (C=O) groups is 1. The van der Waals surface area contributed by atoms with Crippen LogP contribution in [0, 0.1) is 11.3 Å². The highest BCUT2D eigenvalue weighted by Gasteiger charge is 2.19. The summed E-state index contributed by atoms with van der Waals surface area (Å²) in [4.78, 5) is 12.6. The maximum atomic E-state index is 12.7. The van der Waals surface area contributed by atoms with E-state index in [4.69, 9.17) is 14.7 Å². The molecule has 0 amide bonds. The molecular formula is C22H18N2O5S. The molecule has 3 rings (SSSR count). The van der Waals surface area contributed by atoms with Crippen LogP contribution in [0.4, 0.5) is 5.69 Å². The Kier molecular flexibility index (Phi) is 6.35. The van der Waals surface area contributed by atoms with Gasteiger partial charge in [0.15, 0.2) is 0 Å². The molecule has 0 aliphatic rings. The Balaban J connectivity index is 1.75. The average Bonchev–Trinajstić information content (AvgIpc) is 2.78. The Morgan fingerprint density at radius 3 is 2.30 bits per heavy atom. The summed E-state index contributed by atoms with van der Waals surface area (Å²) in [6.45, 7) is -0.00982. The van der Waals surface area contributed by atoms with Crippen molar-refractivity contribution in [2.75, 3.05) is 11.8 Å². The minimum absolute atomic E-state index is 0.00982. The zero-order valence-electron chi connectivity index (χ0n) is 16.0. The minimum atomic E-state index is -3.91. The number of hydrogen-bond acceptors (Lipinski definition) is 6. The van der Waals surface area contributed by atoms with Crippen molar-refractivity contribution in [1.29, 1.82) is 5.26 Å². The van der Waals surface area contributed by atoms with Crippen LogP contribution < -0.4 is 9.46 Å². The zero-order valence-corrected chi connectivity index (χ0v) is 16.8. The van der Waals surface area contributed by atoms with Gasteiger partial charge in [0.1, 0.15) is 12.4 Å². The van der Waals surface area contributed by atoms with Gasteiger partial charge in [-0.25, -0.2) is 13.2 Å². The van der Waals surface area contributed by atoms with E-state index in [1.54, 1.807) is 36.4 Å². The normalized spacial score (nSPS) is 10.7. The number of nitrogens with one attached hydrogen (secondary N) is 1. The number of ether oxygens (including phenoxy) is 2. The van der Waals surface area contributed by atoms with Crippen LogP contribution in [-0.2, 0) is 21.4 Å². The molecule has 8 heteroatoms. The molecule has 0 heterocycles. The summed E-state index contributed by atoms with van der Waals surface area (Å²) in [5.74, 6) is -0.145. The highest BCUT2D eigenvalue weighted by Crippen LogP contribution is 2.23. The van der Waals surface area contributed by atoms with E-state index in [0.717, 1.165) is 0 Å². The number of sulfonamides is 1. The maximum Gasteiger partial charge on any atom is 0.340 e. The lowest BCUT2D eigenvalue weighted by Crippen LogP contribution is -2.16.